The fourth-order valence-corrected chi connectivity index (χ4v) is 2.38. The third kappa shape index (κ3) is 4.06. The largest absolute Gasteiger partial charge is 0.744 e. The van der Waals surface area contributed by atoms with E-state index in [0.29, 0.717) is 17.4 Å². The lowest BCUT2D eigenvalue weighted by atomic mass is 9.99. The molecule has 0 aliphatic carbocycles. The summed E-state index contributed by atoms with van der Waals surface area (Å²) >= 11 is 0. The number of hydrogen-bond acceptors (Lipinski definition) is 4. The van der Waals surface area contributed by atoms with Crippen LogP contribution in [0.3, 0.4) is 0 Å². The van der Waals surface area contributed by atoms with E-state index in [4.69, 9.17) is 4.74 Å². The van der Waals surface area contributed by atoms with Gasteiger partial charge in [-0.05, 0) is 54.3 Å². The van der Waals surface area contributed by atoms with E-state index in [0.717, 1.165) is 6.42 Å². The van der Waals surface area contributed by atoms with Crippen LogP contribution in [-0.2, 0) is 10.1 Å². The van der Waals surface area contributed by atoms with Gasteiger partial charge in [-0.15, -0.1) is 0 Å². The van der Waals surface area contributed by atoms with Crippen molar-refractivity contribution in [2.75, 3.05) is 0 Å². The van der Waals surface area contributed by atoms with Crippen molar-refractivity contribution in [1.29, 1.82) is 0 Å². The Morgan fingerprint density at radius 2 is 1.48 bits per heavy atom. The minimum Gasteiger partial charge on any atom is -0.744 e. The van der Waals surface area contributed by atoms with Gasteiger partial charge >= 0.3 is 0 Å². The number of rotatable bonds is 5. The molecule has 0 radical (unpaired) electrons. The maximum Gasteiger partial charge on any atom is 0.127 e. The monoisotopic (exact) mass is 305 g/mol. The fraction of sp³-hybridized carbons (Fsp3) is 0.250. The van der Waals surface area contributed by atoms with Crippen LogP contribution in [0.2, 0.25) is 0 Å². The van der Waals surface area contributed by atoms with Gasteiger partial charge in [-0.1, -0.05) is 26.0 Å². The van der Waals surface area contributed by atoms with Crippen LogP contribution in [-0.4, -0.2) is 13.0 Å². The highest BCUT2D eigenvalue weighted by Crippen LogP contribution is 2.26. The minimum atomic E-state index is -4.42. The van der Waals surface area contributed by atoms with Crippen molar-refractivity contribution in [3.05, 3.63) is 54.1 Å². The Hall–Kier alpha value is -1.85. The standard InChI is InChI=1S/C16H18O4S/c1-3-12(2)13-4-6-14(7-5-13)20-15-8-10-16(11-9-15)21(17,18)19/h4-12H,3H2,1-2H3,(H,17,18,19)/p-1. The molecule has 0 amide bonds. The molecule has 1 atom stereocenters. The fourth-order valence-electron chi connectivity index (χ4n) is 1.91. The van der Waals surface area contributed by atoms with Gasteiger partial charge in [-0.3, -0.25) is 0 Å². The van der Waals surface area contributed by atoms with Crippen molar-refractivity contribution in [3.8, 4) is 11.5 Å². The summed E-state index contributed by atoms with van der Waals surface area (Å²) in [5.74, 6) is 1.65. The van der Waals surface area contributed by atoms with Gasteiger partial charge in [-0.25, -0.2) is 8.42 Å². The summed E-state index contributed by atoms with van der Waals surface area (Å²) in [6.45, 7) is 4.30. The van der Waals surface area contributed by atoms with Crippen LogP contribution in [0.15, 0.2) is 53.4 Å². The summed E-state index contributed by atoms with van der Waals surface area (Å²) in [5, 5.41) is 0. The average molecular weight is 305 g/mol. The molecular formula is C16H17O4S-. The van der Waals surface area contributed by atoms with E-state index in [2.05, 4.69) is 13.8 Å². The third-order valence-electron chi connectivity index (χ3n) is 3.41. The van der Waals surface area contributed by atoms with Gasteiger partial charge in [0.25, 0.3) is 0 Å². The topological polar surface area (TPSA) is 66.4 Å². The minimum absolute atomic E-state index is 0.262. The number of hydrogen-bond donors (Lipinski definition) is 0. The van der Waals surface area contributed by atoms with E-state index >= 15 is 0 Å². The Morgan fingerprint density at radius 3 is 1.90 bits per heavy atom. The van der Waals surface area contributed by atoms with Crippen molar-refractivity contribution in [1.82, 2.24) is 0 Å². The molecule has 0 aliphatic heterocycles. The lowest BCUT2D eigenvalue weighted by Gasteiger charge is -2.11. The SMILES string of the molecule is CCC(C)c1ccc(Oc2ccc(S(=O)(=O)[O-])cc2)cc1. The summed E-state index contributed by atoms with van der Waals surface area (Å²) in [5.41, 5.74) is 1.25. The molecule has 2 aromatic rings. The van der Waals surface area contributed by atoms with Gasteiger partial charge in [-0.2, -0.15) is 0 Å². The van der Waals surface area contributed by atoms with Gasteiger partial charge in [0.1, 0.15) is 21.6 Å². The van der Waals surface area contributed by atoms with Crippen molar-refractivity contribution < 1.29 is 17.7 Å². The van der Waals surface area contributed by atoms with E-state index in [1.165, 1.54) is 29.8 Å². The normalized spacial score (nSPS) is 12.9. The van der Waals surface area contributed by atoms with Crippen LogP contribution in [0.4, 0.5) is 0 Å². The molecule has 0 saturated carbocycles. The molecule has 0 heterocycles. The molecule has 0 aliphatic rings. The van der Waals surface area contributed by atoms with Gasteiger partial charge in [0.15, 0.2) is 0 Å². The summed E-state index contributed by atoms with van der Waals surface area (Å²) in [7, 11) is -4.42. The lowest BCUT2D eigenvalue weighted by molar-refractivity contribution is 0.462. The molecule has 112 valence electrons. The van der Waals surface area contributed by atoms with Crippen molar-refractivity contribution in [2.24, 2.45) is 0 Å². The predicted octanol–water partition coefficient (Wildman–Crippen LogP) is 3.90. The molecule has 4 nitrogen and oxygen atoms in total. The van der Waals surface area contributed by atoms with Crippen LogP contribution in [0, 0.1) is 0 Å². The lowest BCUT2D eigenvalue weighted by Crippen LogP contribution is -1.97. The van der Waals surface area contributed by atoms with Crippen LogP contribution in [0.5, 0.6) is 11.5 Å². The van der Waals surface area contributed by atoms with Crippen molar-refractivity contribution in [3.63, 3.8) is 0 Å². The third-order valence-corrected chi connectivity index (χ3v) is 4.26. The van der Waals surface area contributed by atoms with Crippen LogP contribution >= 0.6 is 0 Å². The zero-order chi connectivity index (χ0) is 15.5. The molecule has 0 bridgehead atoms. The van der Waals surface area contributed by atoms with E-state index < -0.39 is 10.1 Å². The maximum atomic E-state index is 10.8. The molecule has 5 heteroatoms. The average Bonchev–Trinajstić information content (AvgIpc) is 2.47. The molecule has 21 heavy (non-hydrogen) atoms. The number of benzene rings is 2. The molecular weight excluding hydrogens is 288 g/mol. The quantitative estimate of drug-likeness (QED) is 0.786. The summed E-state index contributed by atoms with van der Waals surface area (Å²) in [6.07, 6.45) is 1.07. The Morgan fingerprint density at radius 1 is 1.00 bits per heavy atom. The highest BCUT2D eigenvalue weighted by molar-refractivity contribution is 7.85. The first-order chi connectivity index (χ1) is 9.90. The summed E-state index contributed by atoms with van der Waals surface area (Å²) < 4.78 is 38.1. The molecule has 0 spiro atoms. The zero-order valence-corrected chi connectivity index (χ0v) is 12.8. The van der Waals surface area contributed by atoms with Gasteiger partial charge in [0, 0.05) is 0 Å². The van der Waals surface area contributed by atoms with Crippen LogP contribution in [0.25, 0.3) is 0 Å². The highest BCUT2D eigenvalue weighted by Gasteiger charge is 2.05. The van der Waals surface area contributed by atoms with Crippen molar-refractivity contribution in [2.45, 2.75) is 31.1 Å². The molecule has 2 rings (SSSR count). The van der Waals surface area contributed by atoms with Crippen molar-refractivity contribution >= 4 is 10.1 Å². The Bertz CT molecular complexity index is 688. The first-order valence-electron chi connectivity index (χ1n) is 6.74. The molecule has 0 aromatic heterocycles. The van der Waals surface area contributed by atoms with E-state index in [9.17, 15) is 13.0 Å². The van der Waals surface area contributed by atoms with E-state index in [-0.39, 0.29) is 4.90 Å². The van der Waals surface area contributed by atoms with Gasteiger partial charge in [0.05, 0.1) is 4.90 Å². The molecule has 0 fully saturated rings. The Labute approximate surface area is 125 Å². The molecule has 0 N–H and O–H groups in total. The van der Waals surface area contributed by atoms with Gasteiger partial charge in [0.2, 0.25) is 0 Å². The molecule has 1 unspecified atom stereocenters. The predicted molar refractivity (Wildman–Crippen MR) is 79.6 cm³/mol. The Kier molecular flexibility index (Phi) is 4.65. The maximum absolute atomic E-state index is 10.8. The van der Waals surface area contributed by atoms with E-state index in [1.807, 2.05) is 24.3 Å². The molecule has 0 saturated heterocycles. The van der Waals surface area contributed by atoms with Crippen LogP contribution in [0.1, 0.15) is 31.7 Å². The summed E-state index contributed by atoms with van der Waals surface area (Å²) in [4.78, 5) is -0.262. The second kappa shape index (κ2) is 6.28. The second-order valence-corrected chi connectivity index (χ2v) is 6.29. The van der Waals surface area contributed by atoms with Crippen LogP contribution < -0.4 is 4.74 Å². The smallest absolute Gasteiger partial charge is 0.127 e. The van der Waals surface area contributed by atoms with E-state index in [1.54, 1.807) is 0 Å². The Balaban J connectivity index is 2.11. The zero-order valence-electron chi connectivity index (χ0n) is 11.9. The summed E-state index contributed by atoms with van der Waals surface area (Å²) in [6, 6.07) is 13.2. The first-order valence-corrected chi connectivity index (χ1v) is 8.14. The highest BCUT2D eigenvalue weighted by atomic mass is 32.2. The molecule has 2 aromatic carbocycles. The number of ether oxygens (including phenoxy) is 1. The van der Waals surface area contributed by atoms with Gasteiger partial charge < -0.3 is 9.29 Å². The first kappa shape index (κ1) is 15.5. The second-order valence-electron chi connectivity index (χ2n) is 4.91.